The monoisotopic (exact) mass is 462 g/mol. The lowest BCUT2D eigenvalue weighted by Crippen LogP contribution is -2.25. The number of aliphatic hydroxyl groups is 1. The van der Waals surface area contributed by atoms with Gasteiger partial charge in [-0.1, -0.05) is 0 Å². The molecule has 10 nitrogen and oxygen atoms in total. The van der Waals surface area contributed by atoms with Gasteiger partial charge in [0.05, 0.1) is 25.9 Å². The smallest absolute Gasteiger partial charge is 0.347 e. The molecule has 0 amide bonds. The van der Waals surface area contributed by atoms with Gasteiger partial charge in [-0.05, 0) is 32.4 Å². The van der Waals surface area contributed by atoms with Crippen LogP contribution < -0.4 is 14.2 Å². The van der Waals surface area contributed by atoms with Crippen LogP contribution in [0.1, 0.15) is 46.5 Å². The highest BCUT2D eigenvalue weighted by molar-refractivity contribution is 5.99. The van der Waals surface area contributed by atoms with Gasteiger partial charge in [0.2, 0.25) is 0 Å². The Morgan fingerprint density at radius 2 is 1.82 bits per heavy atom. The lowest BCUT2D eigenvalue weighted by Gasteiger charge is -2.25. The number of aromatic hydroxyl groups is 2. The predicted octanol–water partition coefficient (Wildman–Crippen LogP) is 3.05. The van der Waals surface area contributed by atoms with Crippen LogP contribution in [0.2, 0.25) is 0 Å². The third-order valence-electron chi connectivity index (χ3n) is 5.30. The predicted molar refractivity (Wildman–Crippen MR) is 114 cm³/mol. The Kier molecular flexibility index (Phi) is 6.99. The number of aryl methyl sites for hydroxylation is 1. The van der Waals surface area contributed by atoms with Gasteiger partial charge in [-0.25, -0.2) is 9.59 Å². The van der Waals surface area contributed by atoms with E-state index in [9.17, 15) is 24.9 Å². The zero-order chi connectivity index (χ0) is 24.4. The summed E-state index contributed by atoms with van der Waals surface area (Å²) in [4.78, 5) is 25.0. The van der Waals surface area contributed by atoms with Gasteiger partial charge in [0.1, 0.15) is 11.3 Å². The minimum atomic E-state index is -1.57. The summed E-state index contributed by atoms with van der Waals surface area (Å²) >= 11 is 0. The molecule has 0 bridgehead atoms. The van der Waals surface area contributed by atoms with Crippen molar-refractivity contribution in [1.82, 2.24) is 0 Å². The zero-order valence-corrected chi connectivity index (χ0v) is 18.9. The van der Waals surface area contributed by atoms with E-state index in [1.54, 1.807) is 20.8 Å². The van der Waals surface area contributed by atoms with Crippen molar-refractivity contribution in [3.05, 3.63) is 34.4 Å². The number of phenols is 2. The molecule has 33 heavy (non-hydrogen) atoms. The van der Waals surface area contributed by atoms with Crippen LogP contribution in [-0.4, -0.2) is 54.2 Å². The molecule has 0 aliphatic carbocycles. The van der Waals surface area contributed by atoms with E-state index in [-0.39, 0.29) is 64.2 Å². The summed E-state index contributed by atoms with van der Waals surface area (Å²) < 4.78 is 27.2. The Balaban J connectivity index is 2.30. The number of rotatable bonds is 7. The number of hydrogen-bond donors (Lipinski definition) is 3. The van der Waals surface area contributed by atoms with Gasteiger partial charge in [0.15, 0.2) is 34.9 Å². The average molecular weight is 462 g/mol. The number of ether oxygens (including phenoxy) is 5. The molecule has 10 heteroatoms. The van der Waals surface area contributed by atoms with Crippen LogP contribution in [0.15, 0.2) is 12.1 Å². The van der Waals surface area contributed by atoms with E-state index in [4.69, 9.17) is 18.9 Å². The number of esters is 2. The van der Waals surface area contributed by atoms with Crippen molar-refractivity contribution in [2.45, 2.75) is 39.4 Å². The largest absolute Gasteiger partial charge is 0.508 e. The number of benzene rings is 2. The van der Waals surface area contributed by atoms with Gasteiger partial charge in [0, 0.05) is 24.7 Å². The fourth-order valence-corrected chi connectivity index (χ4v) is 3.81. The lowest BCUT2D eigenvalue weighted by molar-refractivity contribution is -0.152. The highest BCUT2D eigenvalue weighted by Crippen LogP contribution is 2.52. The number of phenolic OH excluding ortho intramolecular Hbond substituents is 2. The van der Waals surface area contributed by atoms with E-state index >= 15 is 0 Å². The minimum Gasteiger partial charge on any atom is -0.508 e. The SMILES string of the molecule is CCO[C@@H](C[C@@H](O)C(=O)OC)c1c(O)c(OC)c(C)c2c1Oc1c(C)cc(O)cc1OC2=O. The summed E-state index contributed by atoms with van der Waals surface area (Å²) in [7, 11) is 2.45. The van der Waals surface area contributed by atoms with Crippen LogP contribution in [0.25, 0.3) is 0 Å². The second-order valence-electron chi connectivity index (χ2n) is 7.42. The Morgan fingerprint density at radius 1 is 1.12 bits per heavy atom. The van der Waals surface area contributed by atoms with Gasteiger partial charge in [0.25, 0.3) is 0 Å². The third-order valence-corrected chi connectivity index (χ3v) is 5.30. The molecule has 1 aliphatic rings. The maximum atomic E-state index is 13.1. The van der Waals surface area contributed by atoms with Gasteiger partial charge in [-0.3, -0.25) is 0 Å². The molecule has 178 valence electrons. The molecule has 0 unspecified atom stereocenters. The first-order valence-electron chi connectivity index (χ1n) is 10.2. The van der Waals surface area contributed by atoms with Crippen molar-refractivity contribution < 1.29 is 48.6 Å². The van der Waals surface area contributed by atoms with E-state index in [0.29, 0.717) is 5.56 Å². The van der Waals surface area contributed by atoms with Crippen LogP contribution in [0, 0.1) is 13.8 Å². The van der Waals surface area contributed by atoms with Crippen molar-refractivity contribution >= 4 is 11.9 Å². The van der Waals surface area contributed by atoms with E-state index in [2.05, 4.69) is 4.74 Å². The molecule has 1 heterocycles. The first kappa shape index (κ1) is 24.1. The minimum absolute atomic E-state index is 0.00507. The molecule has 0 aromatic heterocycles. The molecule has 3 rings (SSSR count). The van der Waals surface area contributed by atoms with Crippen LogP contribution in [0.4, 0.5) is 0 Å². The molecular weight excluding hydrogens is 436 g/mol. The Bertz CT molecular complexity index is 1090. The maximum Gasteiger partial charge on any atom is 0.347 e. The Labute approximate surface area is 190 Å². The van der Waals surface area contributed by atoms with Gasteiger partial charge >= 0.3 is 11.9 Å². The average Bonchev–Trinajstić information content (AvgIpc) is 2.89. The molecule has 0 radical (unpaired) electrons. The highest BCUT2D eigenvalue weighted by atomic mass is 16.6. The molecule has 2 aromatic rings. The summed E-state index contributed by atoms with van der Waals surface area (Å²) in [6.45, 7) is 5.03. The maximum absolute atomic E-state index is 13.1. The fourth-order valence-electron chi connectivity index (χ4n) is 3.81. The third kappa shape index (κ3) is 4.39. The van der Waals surface area contributed by atoms with Crippen molar-refractivity contribution in [1.29, 1.82) is 0 Å². The van der Waals surface area contributed by atoms with Gasteiger partial charge in [-0.2, -0.15) is 0 Å². The molecule has 0 saturated carbocycles. The van der Waals surface area contributed by atoms with Crippen molar-refractivity contribution in [3.63, 3.8) is 0 Å². The summed E-state index contributed by atoms with van der Waals surface area (Å²) in [5.41, 5.74) is 0.672. The molecule has 0 fully saturated rings. The molecular formula is C23H26O10. The lowest BCUT2D eigenvalue weighted by atomic mass is 9.94. The molecule has 2 atom stereocenters. The molecule has 0 saturated heterocycles. The first-order chi connectivity index (χ1) is 15.6. The van der Waals surface area contributed by atoms with Gasteiger partial charge < -0.3 is 39.0 Å². The summed E-state index contributed by atoms with van der Waals surface area (Å²) in [5.74, 6) is -2.16. The summed E-state index contributed by atoms with van der Waals surface area (Å²) in [6, 6.07) is 2.66. The van der Waals surface area contributed by atoms with E-state index < -0.39 is 24.1 Å². The molecule has 0 spiro atoms. The van der Waals surface area contributed by atoms with E-state index in [1.165, 1.54) is 19.2 Å². The van der Waals surface area contributed by atoms with Crippen LogP contribution in [-0.2, 0) is 14.3 Å². The topological polar surface area (TPSA) is 141 Å². The van der Waals surface area contributed by atoms with Crippen molar-refractivity contribution in [2.75, 3.05) is 20.8 Å². The number of methoxy groups -OCH3 is 2. The summed E-state index contributed by atoms with van der Waals surface area (Å²) in [6.07, 6.45) is -2.95. The normalized spacial score (nSPS) is 14.2. The highest BCUT2D eigenvalue weighted by Gasteiger charge is 2.37. The number of carbonyl (C=O) groups excluding carboxylic acids is 2. The van der Waals surface area contributed by atoms with Crippen LogP contribution in [0.3, 0.4) is 0 Å². The number of fused-ring (bicyclic) bond motifs is 2. The standard InChI is InChI=1S/C23H26O10/c1-6-31-14(9-13(25)22(27)30-5)17-18(26)20(29-4)11(3)16-21(17)33-19-10(2)7-12(24)8-15(19)32-23(16)28/h7-8,13-14,24-26H,6,9H2,1-5H3/t13-,14+/m1/s1. The number of carbonyl (C=O) groups is 2. The van der Waals surface area contributed by atoms with Gasteiger partial charge in [-0.15, -0.1) is 0 Å². The second kappa shape index (κ2) is 9.55. The molecule has 1 aliphatic heterocycles. The molecule has 3 N–H and O–H groups in total. The molecule has 2 aromatic carbocycles. The fraction of sp³-hybridized carbons (Fsp3) is 0.391. The first-order valence-corrected chi connectivity index (χ1v) is 10.2. The van der Waals surface area contributed by atoms with E-state index in [1.807, 2.05) is 0 Å². The van der Waals surface area contributed by atoms with Crippen LogP contribution >= 0.6 is 0 Å². The number of hydrogen-bond acceptors (Lipinski definition) is 10. The zero-order valence-electron chi connectivity index (χ0n) is 18.9. The Morgan fingerprint density at radius 3 is 2.42 bits per heavy atom. The van der Waals surface area contributed by atoms with E-state index in [0.717, 1.165) is 7.11 Å². The Hall–Kier alpha value is -3.50. The quantitative estimate of drug-likeness (QED) is 0.415. The van der Waals surface area contributed by atoms with Crippen LogP contribution in [0.5, 0.6) is 34.5 Å². The number of aliphatic hydroxyl groups excluding tert-OH is 1. The van der Waals surface area contributed by atoms with Crippen molar-refractivity contribution in [2.24, 2.45) is 0 Å². The second-order valence-corrected chi connectivity index (χ2v) is 7.42. The van der Waals surface area contributed by atoms with Crippen molar-refractivity contribution in [3.8, 4) is 34.5 Å². The summed E-state index contributed by atoms with van der Waals surface area (Å²) in [5, 5.41) is 31.3.